The summed E-state index contributed by atoms with van der Waals surface area (Å²) in [5.74, 6) is -1.54. The first-order chi connectivity index (χ1) is 16.7. The molecule has 4 N–H and O–H groups in total. The van der Waals surface area contributed by atoms with Crippen LogP contribution in [0.15, 0.2) is 68.8 Å². The van der Waals surface area contributed by atoms with Gasteiger partial charge < -0.3 is 20.6 Å². The summed E-state index contributed by atoms with van der Waals surface area (Å²) >= 11 is 0. The topological polar surface area (TPSA) is 118 Å². The van der Waals surface area contributed by atoms with Gasteiger partial charge in [0.15, 0.2) is 5.43 Å². The first-order valence-electron chi connectivity index (χ1n) is 10.9. The van der Waals surface area contributed by atoms with Gasteiger partial charge in [0.25, 0.3) is 0 Å². The van der Waals surface area contributed by atoms with Crippen LogP contribution in [0.2, 0.25) is 0 Å². The lowest BCUT2D eigenvalue weighted by Gasteiger charge is -2.19. The Morgan fingerprint density at radius 2 is 1.94 bits per heavy atom. The monoisotopic (exact) mass is 473 g/mol. The van der Waals surface area contributed by atoms with Crippen LogP contribution < -0.4 is 16.5 Å². The largest absolute Gasteiger partial charge is 0.478 e. The van der Waals surface area contributed by atoms with E-state index in [0.717, 1.165) is 11.6 Å². The summed E-state index contributed by atoms with van der Waals surface area (Å²) in [5.41, 5.74) is 9.64. The highest BCUT2D eigenvalue weighted by Crippen LogP contribution is 2.32. The second-order valence-electron chi connectivity index (χ2n) is 8.30. The summed E-state index contributed by atoms with van der Waals surface area (Å²) in [6.07, 6.45) is 1.63. The lowest BCUT2D eigenvalue weighted by atomic mass is 10.00. The average Bonchev–Trinajstić information content (AvgIpc) is 2.81. The SMILES string of the molecule is CN=Cc1cc(-c2cc(=O)c3cc(C)cc(C(C)Nc4ccc(F)cc4C(=O)O)c3o2)ccc1N. The molecule has 0 aliphatic carbocycles. The molecule has 0 fully saturated rings. The van der Waals surface area contributed by atoms with Gasteiger partial charge in [-0.2, -0.15) is 0 Å². The standard InChI is InChI=1S/C27H24FN3O4/c1-14-8-19(15(2)31-23-7-5-18(28)11-20(23)27(33)34)26-21(9-14)24(32)12-25(35-26)16-4-6-22(29)17(10-16)13-30-3/h4-13,15,31H,29H2,1-3H3,(H,33,34). The van der Waals surface area contributed by atoms with E-state index in [1.54, 1.807) is 37.5 Å². The van der Waals surface area contributed by atoms with Gasteiger partial charge in [-0.15, -0.1) is 0 Å². The van der Waals surface area contributed by atoms with Gasteiger partial charge in [0.2, 0.25) is 0 Å². The van der Waals surface area contributed by atoms with Crippen molar-refractivity contribution in [3.8, 4) is 11.3 Å². The minimum Gasteiger partial charge on any atom is -0.478 e. The van der Waals surface area contributed by atoms with Crippen LogP contribution >= 0.6 is 0 Å². The molecule has 0 bridgehead atoms. The molecule has 8 heteroatoms. The summed E-state index contributed by atoms with van der Waals surface area (Å²) in [6, 6.07) is 13.4. The number of aromatic carboxylic acids is 1. The van der Waals surface area contributed by atoms with E-state index in [4.69, 9.17) is 10.2 Å². The zero-order valence-electron chi connectivity index (χ0n) is 19.4. The summed E-state index contributed by atoms with van der Waals surface area (Å²) in [7, 11) is 1.64. The molecule has 3 aromatic carbocycles. The Balaban J connectivity index is 1.85. The Kier molecular flexibility index (Phi) is 6.38. The number of aryl methyl sites for hydroxylation is 1. The molecule has 178 valence electrons. The molecule has 4 aromatic rings. The number of hydrogen-bond donors (Lipinski definition) is 3. The van der Waals surface area contributed by atoms with E-state index in [1.807, 2.05) is 19.9 Å². The first-order valence-corrected chi connectivity index (χ1v) is 10.9. The maximum atomic E-state index is 13.6. The maximum absolute atomic E-state index is 13.6. The molecule has 0 saturated carbocycles. The number of aliphatic imine (C=N–C) groups is 1. The Hall–Kier alpha value is -4.46. The number of carbonyl (C=O) groups is 1. The fraction of sp³-hybridized carbons (Fsp3) is 0.148. The van der Waals surface area contributed by atoms with Crippen molar-refractivity contribution in [1.29, 1.82) is 0 Å². The number of fused-ring (bicyclic) bond motifs is 1. The molecular formula is C27H24FN3O4. The van der Waals surface area contributed by atoms with Crippen molar-refractivity contribution >= 4 is 34.5 Å². The molecule has 0 amide bonds. The fourth-order valence-electron chi connectivity index (χ4n) is 4.01. The van der Waals surface area contributed by atoms with Gasteiger partial charge in [0, 0.05) is 47.4 Å². The fourth-order valence-corrected chi connectivity index (χ4v) is 4.01. The van der Waals surface area contributed by atoms with E-state index in [1.165, 1.54) is 18.2 Å². The van der Waals surface area contributed by atoms with E-state index in [-0.39, 0.29) is 16.7 Å². The molecule has 0 radical (unpaired) electrons. The van der Waals surface area contributed by atoms with Gasteiger partial charge in [-0.25, -0.2) is 9.18 Å². The summed E-state index contributed by atoms with van der Waals surface area (Å²) in [5, 5.41) is 13.0. The van der Waals surface area contributed by atoms with E-state index < -0.39 is 17.8 Å². The minimum atomic E-state index is -1.25. The maximum Gasteiger partial charge on any atom is 0.337 e. The molecule has 7 nitrogen and oxygen atoms in total. The first kappa shape index (κ1) is 23.7. The number of halogens is 1. The van der Waals surface area contributed by atoms with Gasteiger partial charge in [-0.05, 0) is 61.9 Å². The number of nitrogens with zero attached hydrogens (tertiary/aromatic N) is 1. The van der Waals surface area contributed by atoms with Crippen molar-refractivity contribution in [2.24, 2.45) is 4.99 Å². The third-order valence-electron chi connectivity index (χ3n) is 5.69. The zero-order chi connectivity index (χ0) is 25.3. The number of benzene rings is 3. The number of carboxylic acids is 1. The molecule has 4 rings (SSSR count). The van der Waals surface area contributed by atoms with Crippen molar-refractivity contribution < 1.29 is 18.7 Å². The Labute approximate surface area is 200 Å². The molecule has 0 aliphatic rings. The van der Waals surface area contributed by atoms with E-state index in [9.17, 15) is 19.1 Å². The number of nitrogens with two attached hydrogens (primary N) is 1. The summed E-state index contributed by atoms with van der Waals surface area (Å²) in [4.78, 5) is 28.7. The molecule has 1 aromatic heterocycles. The van der Waals surface area contributed by atoms with Crippen LogP contribution in [0, 0.1) is 12.7 Å². The quantitative estimate of drug-likeness (QED) is 0.255. The number of nitrogen functional groups attached to an aromatic ring is 1. The highest BCUT2D eigenvalue weighted by molar-refractivity contribution is 5.94. The number of carboxylic acid groups (broad SMARTS) is 1. The van der Waals surface area contributed by atoms with Crippen molar-refractivity contribution in [3.05, 3.63) is 92.9 Å². The van der Waals surface area contributed by atoms with Crippen LogP contribution in [0.5, 0.6) is 0 Å². The van der Waals surface area contributed by atoms with Crippen molar-refractivity contribution in [2.45, 2.75) is 19.9 Å². The Bertz CT molecular complexity index is 1540. The number of rotatable bonds is 6. The van der Waals surface area contributed by atoms with Crippen LogP contribution in [0.25, 0.3) is 22.3 Å². The number of anilines is 2. The van der Waals surface area contributed by atoms with Crippen LogP contribution in [0.1, 0.15) is 40.0 Å². The van der Waals surface area contributed by atoms with Crippen molar-refractivity contribution in [1.82, 2.24) is 0 Å². The Morgan fingerprint density at radius 1 is 1.17 bits per heavy atom. The van der Waals surface area contributed by atoms with Gasteiger partial charge in [-0.3, -0.25) is 9.79 Å². The van der Waals surface area contributed by atoms with Crippen LogP contribution in [0.3, 0.4) is 0 Å². The van der Waals surface area contributed by atoms with E-state index >= 15 is 0 Å². The van der Waals surface area contributed by atoms with E-state index in [0.29, 0.717) is 39.1 Å². The second-order valence-corrected chi connectivity index (χ2v) is 8.30. The molecule has 1 heterocycles. The average molecular weight is 474 g/mol. The summed E-state index contributed by atoms with van der Waals surface area (Å²) < 4.78 is 19.9. The van der Waals surface area contributed by atoms with Crippen LogP contribution in [-0.2, 0) is 0 Å². The molecule has 0 saturated heterocycles. The third-order valence-corrected chi connectivity index (χ3v) is 5.69. The lowest BCUT2D eigenvalue weighted by molar-refractivity contribution is 0.0697. The number of nitrogens with one attached hydrogen (secondary N) is 1. The van der Waals surface area contributed by atoms with E-state index in [2.05, 4.69) is 10.3 Å². The van der Waals surface area contributed by atoms with Crippen molar-refractivity contribution in [2.75, 3.05) is 18.1 Å². The summed E-state index contributed by atoms with van der Waals surface area (Å²) in [6.45, 7) is 3.68. The molecule has 35 heavy (non-hydrogen) atoms. The van der Waals surface area contributed by atoms with Gasteiger partial charge >= 0.3 is 5.97 Å². The smallest absolute Gasteiger partial charge is 0.337 e. The van der Waals surface area contributed by atoms with Crippen LogP contribution in [-0.4, -0.2) is 24.3 Å². The minimum absolute atomic E-state index is 0.192. The predicted octanol–water partition coefficient (Wildman–Crippen LogP) is 5.41. The zero-order valence-corrected chi connectivity index (χ0v) is 19.4. The normalized spacial score (nSPS) is 12.2. The molecule has 0 spiro atoms. The van der Waals surface area contributed by atoms with Crippen molar-refractivity contribution in [3.63, 3.8) is 0 Å². The number of hydrogen-bond acceptors (Lipinski definition) is 6. The lowest BCUT2D eigenvalue weighted by Crippen LogP contribution is -2.13. The molecule has 1 unspecified atom stereocenters. The molecule has 1 atom stereocenters. The highest BCUT2D eigenvalue weighted by atomic mass is 19.1. The Morgan fingerprint density at radius 3 is 2.66 bits per heavy atom. The van der Waals surface area contributed by atoms with Gasteiger partial charge in [0.05, 0.1) is 17.0 Å². The van der Waals surface area contributed by atoms with Gasteiger partial charge in [-0.1, -0.05) is 6.07 Å². The molecule has 0 aliphatic heterocycles. The second kappa shape index (κ2) is 9.42. The van der Waals surface area contributed by atoms with Gasteiger partial charge in [0.1, 0.15) is 17.2 Å². The predicted molar refractivity (Wildman–Crippen MR) is 136 cm³/mol. The highest BCUT2D eigenvalue weighted by Gasteiger charge is 2.19. The van der Waals surface area contributed by atoms with Crippen LogP contribution in [0.4, 0.5) is 15.8 Å². The third kappa shape index (κ3) is 4.77. The molecular weight excluding hydrogens is 449 g/mol.